The van der Waals surface area contributed by atoms with Crippen LogP contribution in [0.2, 0.25) is 0 Å². The van der Waals surface area contributed by atoms with Gasteiger partial charge in [0.2, 0.25) is 11.1 Å². The lowest BCUT2D eigenvalue weighted by Gasteiger charge is -1.96. The molecule has 54 valence electrons. The van der Waals surface area contributed by atoms with E-state index < -0.39 is 11.1 Å². The van der Waals surface area contributed by atoms with E-state index in [1.807, 2.05) is 0 Å². The molecule has 0 radical (unpaired) electrons. The fraction of sp³-hybridized carbons (Fsp3) is 0.667. The summed E-state index contributed by atoms with van der Waals surface area (Å²) in [5.41, 5.74) is 8.05. The molecular weight excluding hydrogens is 142 g/mol. The van der Waals surface area contributed by atoms with Gasteiger partial charge in [-0.15, -0.1) is 0 Å². The average molecular weight is 151 g/mol. The first-order valence-electron chi connectivity index (χ1n) is 2.32. The van der Waals surface area contributed by atoms with E-state index in [2.05, 4.69) is 9.76 Å². The molecule has 0 bridgehead atoms. The van der Waals surface area contributed by atoms with Crippen LogP contribution in [0.5, 0.6) is 0 Å². The number of hydroxylamine groups is 1. The predicted molar refractivity (Wildman–Crippen MR) is 35.1 cm³/mol. The molecule has 9 heavy (non-hydrogen) atoms. The molecule has 1 unspecified atom stereocenters. The fourth-order valence-electron chi connectivity index (χ4n) is 0.183. The molecule has 0 aromatic carbocycles. The van der Waals surface area contributed by atoms with Crippen molar-refractivity contribution in [1.82, 2.24) is 5.48 Å². The molecule has 6 heteroatoms. The predicted octanol–water partition coefficient (Wildman–Crippen LogP) is -1.26. The first-order valence-corrected chi connectivity index (χ1v) is 3.46. The molecule has 0 aliphatic carbocycles. The second-order valence-corrected chi connectivity index (χ2v) is 2.07. The molecule has 5 nitrogen and oxygen atoms in total. The maximum absolute atomic E-state index is 10.2. The van der Waals surface area contributed by atoms with Gasteiger partial charge in [-0.1, -0.05) is 0 Å². The van der Waals surface area contributed by atoms with Gasteiger partial charge >= 0.3 is 0 Å². The third-order valence-corrected chi connectivity index (χ3v) is 0.958. The van der Waals surface area contributed by atoms with E-state index in [9.17, 15) is 4.21 Å². The van der Waals surface area contributed by atoms with E-state index in [1.54, 1.807) is 0 Å². The Kier molecular flexibility index (Phi) is 5.64. The van der Waals surface area contributed by atoms with Crippen LogP contribution in [0.3, 0.4) is 0 Å². The number of nitrogens with one attached hydrogen (secondary N) is 2. The SMILES string of the molecule is N=CS(=O)ONCCN. The molecule has 0 aliphatic heterocycles. The van der Waals surface area contributed by atoms with Gasteiger partial charge in [0.15, 0.2) is 0 Å². The van der Waals surface area contributed by atoms with E-state index in [0.29, 0.717) is 18.6 Å². The van der Waals surface area contributed by atoms with Crippen LogP contribution >= 0.6 is 0 Å². The molecule has 0 aliphatic rings. The summed E-state index contributed by atoms with van der Waals surface area (Å²) in [6.07, 6.45) is 0. The zero-order valence-electron chi connectivity index (χ0n) is 4.79. The van der Waals surface area contributed by atoms with Gasteiger partial charge in [-0.25, -0.2) is 4.21 Å². The summed E-state index contributed by atoms with van der Waals surface area (Å²) >= 11 is -1.65. The van der Waals surface area contributed by atoms with Crippen molar-refractivity contribution in [2.24, 2.45) is 5.73 Å². The van der Waals surface area contributed by atoms with E-state index in [1.165, 1.54) is 0 Å². The van der Waals surface area contributed by atoms with Crippen LogP contribution < -0.4 is 11.2 Å². The van der Waals surface area contributed by atoms with Crippen molar-refractivity contribution in [3.05, 3.63) is 0 Å². The highest BCUT2D eigenvalue weighted by atomic mass is 32.2. The first-order chi connectivity index (χ1) is 4.31. The molecule has 0 aromatic heterocycles. The molecule has 4 N–H and O–H groups in total. The van der Waals surface area contributed by atoms with Crippen LogP contribution in [0.25, 0.3) is 0 Å². The summed E-state index contributed by atoms with van der Waals surface area (Å²) in [6.45, 7) is 0.842. The molecule has 0 amide bonds. The highest BCUT2D eigenvalue weighted by Gasteiger charge is 1.90. The molecular formula is C3H9N3O2S. The summed E-state index contributed by atoms with van der Waals surface area (Å²) in [5, 5.41) is 6.42. The van der Waals surface area contributed by atoms with Crippen molar-refractivity contribution < 1.29 is 8.49 Å². The molecule has 0 saturated carbocycles. The van der Waals surface area contributed by atoms with Crippen molar-refractivity contribution in [2.45, 2.75) is 0 Å². The Morgan fingerprint density at radius 1 is 1.89 bits per heavy atom. The number of hydrogen-bond acceptors (Lipinski definition) is 5. The van der Waals surface area contributed by atoms with Gasteiger partial charge in [-0.3, -0.25) is 5.41 Å². The smallest absolute Gasteiger partial charge is 0.217 e. The summed E-state index contributed by atoms with van der Waals surface area (Å²) < 4.78 is 14.6. The van der Waals surface area contributed by atoms with E-state index in [0.717, 1.165) is 0 Å². The van der Waals surface area contributed by atoms with Crippen molar-refractivity contribution in [3.63, 3.8) is 0 Å². The van der Waals surface area contributed by atoms with Gasteiger partial charge in [-0.05, 0) is 0 Å². The summed E-state index contributed by atoms with van der Waals surface area (Å²) in [4.78, 5) is 0. The summed E-state index contributed by atoms with van der Waals surface area (Å²) in [5.74, 6) is 0. The summed E-state index contributed by atoms with van der Waals surface area (Å²) in [7, 11) is 0. The van der Waals surface area contributed by atoms with Crippen molar-refractivity contribution in [3.8, 4) is 0 Å². The Labute approximate surface area is 55.7 Å². The molecule has 0 heterocycles. The van der Waals surface area contributed by atoms with Crippen LogP contribution in [0.1, 0.15) is 0 Å². The molecule has 1 atom stereocenters. The lowest BCUT2D eigenvalue weighted by Crippen LogP contribution is -2.23. The van der Waals surface area contributed by atoms with Crippen molar-refractivity contribution >= 4 is 16.6 Å². The summed E-state index contributed by atoms with van der Waals surface area (Å²) in [6, 6.07) is 0. The number of rotatable bonds is 5. The first kappa shape index (κ1) is 8.70. The number of nitrogens with two attached hydrogens (primary N) is 1. The molecule has 0 saturated heterocycles. The minimum absolute atomic E-state index is 0.412. The van der Waals surface area contributed by atoms with Crippen LogP contribution in [-0.2, 0) is 15.4 Å². The average Bonchev–Trinajstić information content (AvgIpc) is 1.89. The van der Waals surface area contributed by atoms with Gasteiger partial charge in [0.05, 0.1) is 0 Å². The van der Waals surface area contributed by atoms with Crippen LogP contribution in [-0.4, -0.2) is 22.8 Å². The standard InChI is InChI=1S/C3H9N3O2S/c4-1-2-6-8-9(7)3-5/h3,5-6H,1-2,4H2. The Morgan fingerprint density at radius 3 is 3.00 bits per heavy atom. The third kappa shape index (κ3) is 5.57. The molecule has 0 rings (SSSR count). The second kappa shape index (κ2) is 5.83. The zero-order valence-corrected chi connectivity index (χ0v) is 5.61. The van der Waals surface area contributed by atoms with Crippen molar-refractivity contribution in [2.75, 3.05) is 13.1 Å². The van der Waals surface area contributed by atoms with Gasteiger partial charge < -0.3 is 5.73 Å². The van der Waals surface area contributed by atoms with Crippen LogP contribution in [0.15, 0.2) is 0 Å². The minimum Gasteiger partial charge on any atom is -0.329 e. The lowest BCUT2D eigenvalue weighted by atomic mass is 10.7. The van der Waals surface area contributed by atoms with Gasteiger partial charge in [0, 0.05) is 13.1 Å². The van der Waals surface area contributed by atoms with Crippen molar-refractivity contribution in [1.29, 1.82) is 5.41 Å². The van der Waals surface area contributed by atoms with E-state index in [-0.39, 0.29) is 0 Å². The molecule has 0 spiro atoms. The third-order valence-electron chi connectivity index (χ3n) is 0.484. The largest absolute Gasteiger partial charge is 0.329 e. The van der Waals surface area contributed by atoms with Crippen LogP contribution in [0.4, 0.5) is 0 Å². The minimum atomic E-state index is -1.65. The van der Waals surface area contributed by atoms with E-state index >= 15 is 0 Å². The second-order valence-electron chi connectivity index (χ2n) is 1.14. The van der Waals surface area contributed by atoms with E-state index in [4.69, 9.17) is 11.1 Å². The quantitative estimate of drug-likeness (QED) is 0.198. The van der Waals surface area contributed by atoms with Gasteiger partial charge in [-0.2, -0.15) is 9.76 Å². The Bertz CT molecular complexity index is 107. The molecule has 0 aromatic rings. The number of hydrogen-bond donors (Lipinski definition) is 3. The maximum Gasteiger partial charge on any atom is 0.217 e. The Balaban J connectivity index is 3.07. The Morgan fingerprint density at radius 2 is 2.56 bits per heavy atom. The highest BCUT2D eigenvalue weighted by molar-refractivity contribution is 7.94. The normalized spacial score (nSPS) is 13.0. The maximum atomic E-state index is 10.2. The van der Waals surface area contributed by atoms with Crippen LogP contribution in [0, 0.1) is 5.41 Å². The monoisotopic (exact) mass is 151 g/mol. The Hall–Kier alpha value is -0.300. The lowest BCUT2D eigenvalue weighted by molar-refractivity contribution is 0.230. The highest BCUT2D eigenvalue weighted by Crippen LogP contribution is 1.71. The fourth-order valence-corrected chi connectivity index (χ4v) is 0.430. The molecule has 0 fully saturated rings. The zero-order chi connectivity index (χ0) is 7.11. The topological polar surface area (TPSA) is 88.2 Å². The van der Waals surface area contributed by atoms with Gasteiger partial charge in [0.1, 0.15) is 5.55 Å². The van der Waals surface area contributed by atoms with Gasteiger partial charge in [0.25, 0.3) is 0 Å².